The molecule has 0 amide bonds. The molecule has 0 radical (unpaired) electrons. The van der Waals surface area contributed by atoms with E-state index < -0.39 is 10.1 Å². The monoisotopic (exact) mass is 220 g/mol. The van der Waals surface area contributed by atoms with Crippen LogP contribution in [-0.2, 0) is 10.1 Å². The minimum absolute atomic E-state index is 0.288. The fourth-order valence-corrected chi connectivity index (χ4v) is 2.24. The summed E-state index contributed by atoms with van der Waals surface area (Å²) in [5.41, 5.74) is 0. The fourth-order valence-electron chi connectivity index (χ4n) is 1.87. The molecule has 0 aromatic rings. The smallest absolute Gasteiger partial charge is 0.0958 e. The van der Waals surface area contributed by atoms with Gasteiger partial charge in [-0.1, -0.05) is 25.7 Å². The Morgan fingerprint density at radius 2 is 1.71 bits per heavy atom. The lowest BCUT2D eigenvalue weighted by Gasteiger charge is -2.16. The Bertz CT molecular complexity index is 243. The lowest BCUT2D eigenvalue weighted by molar-refractivity contribution is 0.445. The van der Waals surface area contributed by atoms with E-state index in [0.29, 0.717) is 12.6 Å². The zero-order valence-corrected chi connectivity index (χ0v) is 9.18. The molecule has 1 aliphatic carbocycles. The highest BCUT2D eigenvalue weighted by molar-refractivity contribution is 7.85. The van der Waals surface area contributed by atoms with Gasteiger partial charge in [0.1, 0.15) is 0 Å². The van der Waals surface area contributed by atoms with E-state index in [9.17, 15) is 13.0 Å². The Morgan fingerprint density at radius 3 is 2.21 bits per heavy atom. The molecule has 0 aromatic carbocycles. The fraction of sp³-hybridized carbons (Fsp3) is 1.00. The van der Waals surface area contributed by atoms with Gasteiger partial charge in [-0.05, 0) is 12.8 Å². The van der Waals surface area contributed by atoms with Crippen LogP contribution in [0.4, 0.5) is 0 Å². The Hall–Kier alpha value is -0.130. The molecule has 14 heavy (non-hydrogen) atoms. The molecule has 0 unspecified atom stereocenters. The third-order valence-electron chi connectivity index (χ3n) is 2.64. The topological polar surface area (TPSA) is 69.2 Å². The molecule has 0 atom stereocenters. The summed E-state index contributed by atoms with van der Waals surface area (Å²) in [5.74, 6) is -0.288. The highest BCUT2D eigenvalue weighted by Crippen LogP contribution is 2.16. The number of rotatable bonds is 4. The predicted molar refractivity (Wildman–Crippen MR) is 54.1 cm³/mol. The van der Waals surface area contributed by atoms with Crippen molar-refractivity contribution in [2.75, 3.05) is 12.3 Å². The molecule has 1 fully saturated rings. The van der Waals surface area contributed by atoms with E-state index >= 15 is 0 Å². The third kappa shape index (κ3) is 5.57. The van der Waals surface area contributed by atoms with Crippen LogP contribution in [0.3, 0.4) is 0 Å². The van der Waals surface area contributed by atoms with Crippen LogP contribution in [0.25, 0.3) is 0 Å². The zero-order chi connectivity index (χ0) is 10.4. The van der Waals surface area contributed by atoms with Crippen LogP contribution in [0.15, 0.2) is 0 Å². The van der Waals surface area contributed by atoms with Crippen molar-refractivity contribution in [2.45, 2.75) is 44.6 Å². The lowest BCUT2D eigenvalue weighted by atomic mass is 10.1. The molecule has 4 nitrogen and oxygen atoms in total. The summed E-state index contributed by atoms with van der Waals surface area (Å²) in [6.07, 6.45) is 7.19. The van der Waals surface area contributed by atoms with Crippen LogP contribution in [0.1, 0.15) is 38.5 Å². The Labute approximate surface area is 85.8 Å². The second-order valence-electron chi connectivity index (χ2n) is 3.90. The van der Waals surface area contributed by atoms with Crippen molar-refractivity contribution >= 4 is 10.1 Å². The van der Waals surface area contributed by atoms with Crippen LogP contribution < -0.4 is 5.32 Å². The second kappa shape index (κ2) is 5.68. The first-order chi connectivity index (χ1) is 6.58. The van der Waals surface area contributed by atoms with Crippen molar-refractivity contribution in [2.24, 2.45) is 0 Å². The van der Waals surface area contributed by atoms with Gasteiger partial charge in [0.25, 0.3) is 0 Å². The molecule has 0 aromatic heterocycles. The maximum atomic E-state index is 10.3. The lowest BCUT2D eigenvalue weighted by Crippen LogP contribution is -2.32. The van der Waals surface area contributed by atoms with Crippen molar-refractivity contribution in [3.05, 3.63) is 0 Å². The molecule has 0 bridgehead atoms. The summed E-state index contributed by atoms with van der Waals surface area (Å²) in [4.78, 5) is 0. The first-order valence-electron chi connectivity index (χ1n) is 5.25. The molecule has 1 N–H and O–H groups in total. The maximum absolute atomic E-state index is 10.3. The summed E-state index contributed by atoms with van der Waals surface area (Å²) in [6, 6.07) is 0.416. The number of nitrogens with one attached hydrogen (secondary N) is 1. The van der Waals surface area contributed by atoms with Crippen molar-refractivity contribution in [1.29, 1.82) is 0 Å². The average molecular weight is 220 g/mol. The first kappa shape index (κ1) is 11.9. The summed E-state index contributed by atoms with van der Waals surface area (Å²) in [6.45, 7) is 0.302. The quantitative estimate of drug-likeness (QED) is 0.563. The minimum Gasteiger partial charge on any atom is -0.748 e. The molecule has 0 aliphatic heterocycles. The second-order valence-corrected chi connectivity index (χ2v) is 5.43. The van der Waals surface area contributed by atoms with Gasteiger partial charge in [-0.15, -0.1) is 0 Å². The van der Waals surface area contributed by atoms with Crippen LogP contribution >= 0.6 is 0 Å². The highest BCUT2D eigenvalue weighted by Gasteiger charge is 2.11. The van der Waals surface area contributed by atoms with E-state index in [1.165, 1.54) is 25.7 Å². The van der Waals surface area contributed by atoms with E-state index in [1.54, 1.807) is 0 Å². The van der Waals surface area contributed by atoms with Gasteiger partial charge < -0.3 is 9.87 Å². The van der Waals surface area contributed by atoms with Gasteiger partial charge in [0.15, 0.2) is 0 Å². The molecule has 0 heterocycles. The van der Waals surface area contributed by atoms with E-state index in [2.05, 4.69) is 5.32 Å². The molecule has 84 valence electrons. The molecule has 0 saturated heterocycles. The molecular weight excluding hydrogens is 202 g/mol. The van der Waals surface area contributed by atoms with Gasteiger partial charge >= 0.3 is 0 Å². The van der Waals surface area contributed by atoms with Gasteiger partial charge in [0.05, 0.1) is 15.9 Å². The van der Waals surface area contributed by atoms with Crippen molar-refractivity contribution in [1.82, 2.24) is 5.32 Å². The Kier molecular flexibility index (Phi) is 4.84. The molecule has 0 spiro atoms. The largest absolute Gasteiger partial charge is 0.748 e. The van der Waals surface area contributed by atoms with E-state index in [0.717, 1.165) is 12.8 Å². The van der Waals surface area contributed by atoms with E-state index in [4.69, 9.17) is 0 Å². The van der Waals surface area contributed by atoms with Crippen LogP contribution in [-0.4, -0.2) is 31.3 Å². The molecule has 1 aliphatic rings. The summed E-state index contributed by atoms with van der Waals surface area (Å²) in [7, 11) is -4.05. The maximum Gasteiger partial charge on any atom is 0.0958 e. The minimum atomic E-state index is -4.05. The van der Waals surface area contributed by atoms with Gasteiger partial charge in [-0.25, -0.2) is 8.42 Å². The van der Waals surface area contributed by atoms with Crippen LogP contribution in [0.5, 0.6) is 0 Å². The Balaban J connectivity index is 2.16. The van der Waals surface area contributed by atoms with Crippen molar-refractivity contribution in [3.8, 4) is 0 Å². The zero-order valence-electron chi connectivity index (χ0n) is 8.37. The van der Waals surface area contributed by atoms with Gasteiger partial charge in [-0.2, -0.15) is 0 Å². The van der Waals surface area contributed by atoms with Gasteiger partial charge in [-0.3, -0.25) is 0 Å². The summed E-state index contributed by atoms with van der Waals surface area (Å²) < 4.78 is 31.0. The predicted octanol–water partition coefficient (Wildman–Crippen LogP) is 0.844. The first-order valence-corrected chi connectivity index (χ1v) is 6.82. The SMILES string of the molecule is O=S(=O)([O-])CCNC1CCCCCC1. The van der Waals surface area contributed by atoms with E-state index in [-0.39, 0.29) is 5.75 Å². The van der Waals surface area contributed by atoms with E-state index in [1.807, 2.05) is 0 Å². The average Bonchev–Trinajstić information content (AvgIpc) is 2.30. The van der Waals surface area contributed by atoms with Crippen LogP contribution in [0.2, 0.25) is 0 Å². The number of hydrogen-bond donors (Lipinski definition) is 1. The van der Waals surface area contributed by atoms with Crippen molar-refractivity contribution in [3.63, 3.8) is 0 Å². The highest BCUT2D eigenvalue weighted by atomic mass is 32.2. The van der Waals surface area contributed by atoms with Gasteiger partial charge in [0.2, 0.25) is 0 Å². The third-order valence-corrected chi connectivity index (χ3v) is 3.34. The molecule has 1 rings (SSSR count). The van der Waals surface area contributed by atoms with Crippen molar-refractivity contribution < 1.29 is 13.0 Å². The molecule has 5 heteroatoms. The molecular formula is C9H18NO3S-. The summed E-state index contributed by atoms with van der Waals surface area (Å²) in [5, 5.41) is 3.14. The molecule has 1 saturated carbocycles. The van der Waals surface area contributed by atoms with Gasteiger partial charge in [0, 0.05) is 12.6 Å². The standard InChI is InChI=1S/C9H19NO3S/c11-14(12,13)8-7-10-9-5-3-1-2-4-6-9/h9-10H,1-8H2,(H,11,12,13)/p-1. The van der Waals surface area contributed by atoms with Crippen LogP contribution in [0, 0.1) is 0 Å². The Morgan fingerprint density at radius 1 is 1.14 bits per heavy atom. The number of hydrogen-bond acceptors (Lipinski definition) is 4. The normalized spacial score (nSPS) is 20.6. The summed E-state index contributed by atoms with van der Waals surface area (Å²) >= 11 is 0.